The topological polar surface area (TPSA) is 113 Å². The second-order valence-electron chi connectivity index (χ2n) is 8.63. The average Bonchev–Trinajstić information content (AvgIpc) is 2.99. The van der Waals surface area contributed by atoms with Crippen LogP contribution in [0.15, 0.2) is 22.6 Å². The lowest BCUT2D eigenvalue weighted by molar-refractivity contribution is -0.146. The van der Waals surface area contributed by atoms with Crippen molar-refractivity contribution in [1.29, 1.82) is 0 Å². The molecule has 1 saturated heterocycles. The van der Waals surface area contributed by atoms with E-state index in [1.807, 2.05) is 34.6 Å². The second kappa shape index (κ2) is 10.3. The summed E-state index contributed by atoms with van der Waals surface area (Å²) in [6.07, 6.45) is -1.04. The van der Waals surface area contributed by atoms with E-state index in [0.717, 1.165) is 0 Å². The van der Waals surface area contributed by atoms with E-state index in [1.54, 1.807) is 12.1 Å². The average molecular weight is 444 g/mol. The Bertz CT molecular complexity index is 733. The Kier molecular flexibility index (Phi) is 8.55. The molecule has 1 aromatic carbocycles. The molecule has 0 aromatic heterocycles. The molecule has 0 spiro atoms. The fourth-order valence-electron chi connectivity index (χ4n) is 2.78. The van der Waals surface area contributed by atoms with Crippen molar-refractivity contribution in [3.8, 4) is 11.5 Å². The van der Waals surface area contributed by atoms with Gasteiger partial charge in [-0.25, -0.2) is 0 Å². The quantitative estimate of drug-likeness (QED) is 0.445. The van der Waals surface area contributed by atoms with Crippen LogP contribution in [0.4, 0.5) is 0 Å². The molecule has 30 heavy (non-hydrogen) atoms. The molecule has 0 aliphatic carbocycles. The van der Waals surface area contributed by atoms with Crippen LogP contribution in [0, 0.1) is 0 Å². The number of rotatable bonds is 9. The molecule has 1 fully saturated rings. The first kappa shape index (κ1) is 24.9. The van der Waals surface area contributed by atoms with E-state index in [9.17, 15) is 14.8 Å². The van der Waals surface area contributed by atoms with E-state index in [0.29, 0.717) is 23.6 Å². The number of phenolic OH excluding ortho intramolecular Hbond substituents is 1. The Morgan fingerprint density at radius 1 is 1.40 bits per heavy atom. The van der Waals surface area contributed by atoms with E-state index < -0.39 is 28.0 Å². The molecule has 1 aliphatic rings. The summed E-state index contributed by atoms with van der Waals surface area (Å²) in [6, 6.07) is 4.76. The zero-order chi connectivity index (χ0) is 22.5. The Balaban J connectivity index is 2.06. The van der Waals surface area contributed by atoms with Crippen LogP contribution in [-0.4, -0.2) is 70.1 Å². The third-order valence-electron chi connectivity index (χ3n) is 4.34. The van der Waals surface area contributed by atoms with Crippen LogP contribution in [-0.2, 0) is 25.6 Å². The van der Waals surface area contributed by atoms with Crippen LogP contribution >= 0.6 is 0 Å². The first-order valence-corrected chi connectivity index (χ1v) is 11.0. The van der Waals surface area contributed by atoms with Gasteiger partial charge in [0.2, 0.25) is 0 Å². The number of hydrogen-bond acceptors (Lipinski definition) is 8. The molecule has 0 radical (unpaired) electrons. The van der Waals surface area contributed by atoms with Gasteiger partial charge in [-0.05, 0) is 46.8 Å². The van der Waals surface area contributed by atoms with Gasteiger partial charge in [0.25, 0.3) is 0 Å². The molecule has 1 heterocycles. The summed E-state index contributed by atoms with van der Waals surface area (Å²) < 4.78 is 38.2. The summed E-state index contributed by atoms with van der Waals surface area (Å²) in [4.78, 5) is 0. The molecule has 2 N–H and O–H groups in total. The molecule has 1 aromatic rings. The fraction of sp³-hybridized carbons (Fsp3) is 0.667. The van der Waals surface area contributed by atoms with Crippen LogP contribution < -0.4 is 4.74 Å². The summed E-state index contributed by atoms with van der Waals surface area (Å²) in [5.74, 6) is -0.209. The molecular formula is C21H33NO7S. The minimum atomic E-state index is -1.56. The fourth-order valence-corrected chi connectivity index (χ4v) is 3.43. The third kappa shape index (κ3) is 7.40. The number of methoxy groups -OCH3 is 1. The van der Waals surface area contributed by atoms with Crippen molar-refractivity contribution in [3.63, 3.8) is 0 Å². The molecule has 9 heteroatoms. The SMILES string of the molecule is COc1ccc(/C(C[C@@H](O)COC[C@H]2COC(C)(C)O2)=N/[S@@+]([O-])C(C)(C)C)c(O)c1. The molecule has 0 unspecified atom stereocenters. The minimum Gasteiger partial charge on any atom is -0.591 e. The molecule has 0 amide bonds. The van der Waals surface area contributed by atoms with Gasteiger partial charge in [0, 0.05) is 18.1 Å². The Morgan fingerprint density at radius 3 is 2.63 bits per heavy atom. The van der Waals surface area contributed by atoms with Crippen LogP contribution in [0.1, 0.15) is 46.6 Å². The largest absolute Gasteiger partial charge is 0.591 e. The summed E-state index contributed by atoms with van der Waals surface area (Å²) in [5.41, 5.74) is 0.725. The number of aliphatic hydroxyl groups excluding tert-OH is 1. The third-order valence-corrected chi connectivity index (χ3v) is 5.78. The molecular weight excluding hydrogens is 410 g/mol. The molecule has 2 rings (SSSR count). The number of benzene rings is 1. The van der Waals surface area contributed by atoms with Crippen LogP contribution in [0.25, 0.3) is 0 Å². The molecule has 3 atom stereocenters. The predicted octanol–water partition coefficient (Wildman–Crippen LogP) is 2.57. The van der Waals surface area contributed by atoms with Crippen molar-refractivity contribution >= 4 is 17.1 Å². The van der Waals surface area contributed by atoms with E-state index in [4.69, 9.17) is 18.9 Å². The molecule has 170 valence electrons. The van der Waals surface area contributed by atoms with Gasteiger partial charge in [0.05, 0.1) is 33.0 Å². The van der Waals surface area contributed by atoms with Crippen LogP contribution in [0.2, 0.25) is 0 Å². The highest BCUT2D eigenvalue weighted by Gasteiger charge is 2.33. The highest BCUT2D eigenvalue weighted by Crippen LogP contribution is 2.28. The van der Waals surface area contributed by atoms with E-state index in [1.165, 1.54) is 13.2 Å². The van der Waals surface area contributed by atoms with Gasteiger partial charge < -0.3 is 33.7 Å². The van der Waals surface area contributed by atoms with Crippen molar-refractivity contribution in [1.82, 2.24) is 0 Å². The van der Waals surface area contributed by atoms with Gasteiger partial charge in [-0.3, -0.25) is 0 Å². The van der Waals surface area contributed by atoms with Crippen molar-refractivity contribution < 1.29 is 33.7 Å². The van der Waals surface area contributed by atoms with Crippen molar-refractivity contribution in [2.45, 2.75) is 63.8 Å². The summed E-state index contributed by atoms with van der Waals surface area (Å²) in [6.45, 7) is 9.85. The van der Waals surface area contributed by atoms with Gasteiger partial charge in [-0.1, -0.05) is 4.40 Å². The predicted molar refractivity (Wildman–Crippen MR) is 115 cm³/mol. The lowest BCUT2D eigenvalue weighted by Gasteiger charge is -2.21. The summed E-state index contributed by atoms with van der Waals surface area (Å²) >= 11 is -1.56. The van der Waals surface area contributed by atoms with E-state index in [-0.39, 0.29) is 31.5 Å². The Hall–Kier alpha value is -1.36. The van der Waals surface area contributed by atoms with Crippen molar-refractivity contribution in [2.75, 3.05) is 26.9 Å². The standard InChI is InChI=1S/C21H33NO7S/c1-20(2,3)30(25)22-18(17-8-7-15(26-6)10-19(17)24)9-14(23)11-27-12-16-13-28-21(4,5)29-16/h7-8,10,14,16,23-24H,9,11-13H2,1-6H3/b22-18+/t14-,16+,30+/m1/s1. The smallest absolute Gasteiger partial charge is 0.163 e. The Morgan fingerprint density at radius 2 is 2.10 bits per heavy atom. The van der Waals surface area contributed by atoms with Gasteiger partial charge in [-0.15, -0.1) is 0 Å². The highest BCUT2D eigenvalue weighted by molar-refractivity contribution is 7.91. The maximum absolute atomic E-state index is 12.6. The van der Waals surface area contributed by atoms with Gasteiger partial charge in [-0.2, -0.15) is 0 Å². The monoisotopic (exact) mass is 443 g/mol. The number of phenols is 1. The lowest BCUT2D eigenvalue weighted by atomic mass is 10.0. The maximum atomic E-state index is 12.6. The lowest BCUT2D eigenvalue weighted by Crippen LogP contribution is -2.29. The van der Waals surface area contributed by atoms with Crippen molar-refractivity contribution in [2.24, 2.45) is 4.40 Å². The van der Waals surface area contributed by atoms with Gasteiger partial charge >= 0.3 is 0 Å². The first-order chi connectivity index (χ1) is 13.9. The zero-order valence-corrected chi connectivity index (χ0v) is 19.3. The number of aromatic hydroxyl groups is 1. The Labute approximate surface area is 181 Å². The summed E-state index contributed by atoms with van der Waals surface area (Å²) in [7, 11) is 1.50. The van der Waals surface area contributed by atoms with Gasteiger partial charge in [0.15, 0.2) is 5.79 Å². The normalized spacial score (nSPS) is 21.5. The van der Waals surface area contributed by atoms with E-state index >= 15 is 0 Å². The number of ether oxygens (including phenoxy) is 4. The van der Waals surface area contributed by atoms with Crippen LogP contribution in [0.5, 0.6) is 11.5 Å². The number of aliphatic hydroxyl groups is 1. The van der Waals surface area contributed by atoms with Crippen LogP contribution in [0.3, 0.4) is 0 Å². The van der Waals surface area contributed by atoms with E-state index in [2.05, 4.69) is 4.40 Å². The second-order valence-corrected chi connectivity index (χ2v) is 10.5. The highest BCUT2D eigenvalue weighted by atomic mass is 32.2. The molecule has 8 nitrogen and oxygen atoms in total. The minimum absolute atomic E-state index is 0.0401. The van der Waals surface area contributed by atoms with Gasteiger partial charge in [0.1, 0.15) is 39.4 Å². The summed E-state index contributed by atoms with van der Waals surface area (Å²) in [5, 5.41) is 20.9. The van der Waals surface area contributed by atoms with Crippen molar-refractivity contribution in [3.05, 3.63) is 23.8 Å². The zero-order valence-electron chi connectivity index (χ0n) is 18.5. The first-order valence-electron chi connectivity index (χ1n) is 9.86. The maximum Gasteiger partial charge on any atom is 0.163 e. The molecule has 0 saturated carbocycles. The molecule has 0 bridgehead atoms. The number of hydrogen-bond donors (Lipinski definition) is 2. The molecule has 1 aliphatic heterocycles. The number of nitrogens with zero attached hydrogens (tertiary/aromatic N) is 1.